The molecule has 2 nitrogen and oxygen atoms in total. The topological polar surface area (TPSA) is 29.1 Å². The Hall–Kier alpha value is -0.610. The zero-order valence-corrected chi connectivity index (χ0v) is 12.3. The molecule has 0 bridgehead atoms. The molecule has 1 fully saturated rings. The van der Waals surface area contributed by atoms with Crippen molar-refractivity contribution >= 4 is 30.3 Å². The number of amides is 1. The van der Waals surface area contributed by atoms with Crippen LogP contribution in [0.1, 0.15) is 28.8 Å². The monoisotopic (exact) mass is 281 g/mol. The molecule has 0 radical (unpaired) electrons. The van der Waals surface area contributed by atoms with Crippen LogP contribution >= 0.6 is 24.4 Å². The highest BCUT2D eigenvalue weighted by Gasteiger charge is 2.15. The Balaban J connectivity index is 1.92. The van der Waals surface area contributed by atoms with E-state index in [2.05, 4.69) is 17.9 Å². The molecule has 2 rings (SSSR count). The third-order valence-corrected chi connectivity index (χ3v) is 4.68. The van der Waals surface area contributed by atoms with Crippen molar-refractivity contribution < 1.29 is 4.79 Å². The third kappa shape index (κ3) is 3.69. The van der Waals surface area contributed by atoms with E-state index in [-0.39, 0.29) is 5.91 Å². The van der Waals surface area contributed by atoms with Gasteiger partial charge in [-0.25, -0.2) is 0 Å². The number of carbonyl (C=O) groups excluding carboxylic acids is 1. The summed E-state index contributed by atoms with van der Waals surface area (Å²) in [6.07, 6.45) is 2.44. The molecule has 1 aromatic carbocycles. The van der Waals surface area contributed by atoms with Gasteiger partial charge >= 0.3 is 0 Å². The molecule has 1 N–H and O–H groups in total. The Morgan fingerprint density at radius 2 is 2.17 bits per heavy atom. The van der Waals surface area contributed by atoms with Crippen LogP contribution in [0.25, 0.3) is 0 Å². The zero-order chi connectivity index (χ0) is 13.0. The first-order valence-electron chi connectivity index (χ1n) is 6.32. The number of carbonyl (C=O) groups is 1. The number of rotatable bonds is 3. The van der Waals surface area contributed by atoms with E-state index >= 15 is 0 Å². The van der Waals surface area contributed by atoms with Gasteiger partial charge in [-0.3, -0.25) is 4.79 Å². The molecule has 0 saturated carbocycles. The summed E-state index contributed by atoms with van der Waals surface area (Å²) < 4.78 is 0. The molecule has 1 aliphatic rings. The van der Waals surface area contributed by atoms with E-state index in [1.54, 1.807) is 0 Å². The molecule has 98 valence electrons. The number of hydrogen-bond acceptors (Lipinski definition) is 3. The van der Waals surface area contributed by atoms with E-state index in [0.29, 0.717) is 5.92 Å². The fourth-order valence-corrected chi connectivity index (χ4v) is 3.55. The van der Waals surface area contributed by atoms with Gasteiger partial charge in [0.1, 0.15) is 0 Å². The van der Waals surface area contributed by atoms with E-state index in [1.807, 2.05) is 36.9 Å². The number of nitrogens with one attached hydrogen (secondary N) is 1. The van der Waals surface area contributed by atoms with Crippen LogP contribution in [0.3, 0.4) is 0 Å². The van der Waals surface area contributed by atoms with Crippen molar-refractivity contribution in [3.63, 3.8) is 0 Å². The Bertz CT molecular complexity index is 428. The van der Waals surface area contributed by atoms with Gasteiger partial charge in [-0.15, -0.1) is 12.6 Å². The first kappa shape index (κ1) is 13.8. The SMILES string of the molecule is Cc1ccc(S)cc1C(=O)NCC1CCSCC1. The fraction of sp³-hybridized carbons (Fsp3) is 0.500. The molecule has 1 saturated heterocycles. The van der Waals surface area contributed by atoms with Gasteiger partial charge in [-0.2, -0.15) is 11.8 Å². The lowest BCUT2D eigenvalue weighted by Gasteiger charge is -2.21. The lowest BCUT2D eigenvalue weighted by atomic mass is 10.0. The molecule has 4 heteroatoms. The van der Waals surface area contributed by atoms with Crippen LogP contribution in [0.2, 0.25) is 0 Å². The molecular weight excluding hydrogens is 262 g/mol. The molecule has 1 aromatic rings. The van der Waals surface area contributed by atoms with E-state index in [0.717, 1.165) is 22.6 Å². The van der Waals surface area contributed by atoms with Crippen molar-refractivity contribution in [3.8, 4) is 0 Å². The summed E-state index contributed by atoms with van der Waals surface area (Å²) in [6, 6.07) is 5.69. The van der Waals surface area contributed by atoms with Gasteiger partial charge < -0.3 is 5.32 Å². The van der Waals surface area contributed by atoms with Gasteiger partial charge in [0, 0.05) is 17.0 Å². The van der Waals surface area contributed by atoms with Gasteiger partial charge in [-0.1, -0.05) is 6.07 Å². The fourth-order valence-electron chi connectivity index (χ4n) is 2.14. The van der Waals surface area contributed by atoms with Crippen molar-refractivity contribution in [1.82, 2.24) is 5.32 Å². The normalized spacial score (nSPS) is 16.6. The van der Waals surface area contributed by atoms with Crippen molar-refractivity contribution in [2.75, 3.05) is 18.1 Å². The second-order valence-corrected chi connectivity index (χ2v) is 6.51. The summed E-state index contributed by atoms with van der Waals surface area (Å²) in [6.45, 7) is 2.76. The Kier molecular flexibility index (Phi) is 5.01. The summed E-state index contributed by atoms with van der Waals surface area (Å²) in [5, 5.41) is 3.05. The lowest BCUT2D eigenvalue weighted by molar-refractivity contribution is 0.0945. The van der Waals surface area contributed by atoms with Crippen LogP contribution in [-0.2, 0) is 0 Å². The summed E-state index contributed by atoms with van der Waals surface area (Å²) >= 11 is 6.29. The second kappa shape index (κ2) is 6.53. The first-order valence-corrected chi connectivity index (χ1v) is 7.92. The van der Waals surface area contributed by atoms with Crippen LogP contribution in [0.5, 0.6) is 0 Å². The molecule has 0 atom stereocenters. The van der Waals surface area contributed by atoms with Crippen LogP contribution in [0.4, 0.5) is 0 Å². The summed E-state index contributed by atoms with van der Waals surface area (Å²) in [4.78, 5) is 12.9. The van der Waals surface area contributed by atoms with E-state index in [9.17, 15) is 4.79 Å². The Morgan fingerprint density at radius 3 is 2.89 bits per heavy atom. The molecule has 0 aromatic heterocycles. The van der Waals surface area contributed by atoms with Crippen molar-refractivity contribution in [2.24, 2.45) is 5.92 Å². The highest BCUT2D eigenvalue weighted by atomic mass is 32.2. The minimum atomic E-state index is 0.0293. The molecule has 1 aliphatic heterocycles. The second-order valence-electron chi connectivity index (χ2n) is 4.76. The first-order chi connectivity index (χ1) is 8.66. The Labute approximate surface area is 118 Å². The Morgan fingerprint density at radius 1 is 1.44 bits per heavy atom. The molecule has 0 unspecified atom stereocenters. The largest absolute Gasteiger partial charge is 0.352 e. The van der Waals surface area contributed by atoms with Crippen LogP contribution in [0, 0.1) is 12.8 Å². The zero-order valence-electron chi connectivity index (χ0n) is 10.6. The number of hydrogen-bond donors (Lipinski definition) is 2. The minimum absolute atomic E-state index is 0.0293. The van der Waals surface area contributed by atoms with Gasteiger partial charge in [0.05, 0.1) is 0 Å². The van der Waals surface area contributed by atoms with E-state index in [4.69, 9.17) is 0 Å². The maximum Gasteiger partial charge on any atom is 0.251 e. The summed E-state index contributed by atoms with van der Waals surface area (Å²) in [5.74, 6) is 3.13. The molecule has 1 amide bonds. The number of aryl methyl sites for hydroxylation is 1. The highest BCUT2D eigenvalue weighted by Crippen LogP contribution is 2.22. The predicted octanol–water partition coefficient (Wildman–Crippen LogP) is 3.16. The molecule has 0 aliphatic carbocycles. The average Bonchev–Trinajstić information content (AvgIpc) is 2.40. The van der Waals surface area contributed by atoms with Gasteiger partial charge in [0.15, 0.2) is 0 Å². The van der Waals surface area contributed by atoms with Crippen molar-refractivity contribution in [2.45, 2.75) is 24.7 Å². The molecule has 18 heavy (non-hydrogen) atoms. The minimum Gasteiger partial charge on any atom is -0.352 e. The number of thioether (sulfide) groups is 1. The molecule has 1 heterocycles. The average molecular weight is 281 g/mol. The maximum atomic E-state index is 12.1. The standard InChI is InChI=1S/C14H19NOS2/c1-10-2-3-12(17)8-13(10)14(16)15-9-11-4-6-18-7-5-11/h2-3,8,11,17H,4-7,9H2,1H3,(H,15,16). The highest BCUT2D eigenvalue weighted by molar-refractivity contribution is 7.99. The van der Waals surface area contributed by atoms with Gasteiger partial charge in [0.2, 0.25) is 0 Å². The van der Waals surface area contributed by atoms with E-state index in [1.165, 1.54) is 24.3 Å². The van der Waals surface area contributed by atoms with Crippen molar-refractivity contribution in [1.29, 1.82) is 0 Å². The summed E-state index contributed by atoms with van der Waals surface area (Å²) in [7, 11) is 0. The lowest BCUT2D eigenvalue weighted by Crippen LogP contribution is -2.31. The maximum absolute atomic E-state index is 12.1. The molecular formula is C14H19NOS2. The smallest absolute Gasteiger partial charge is 0.251 e. The predicted molar refractivity (Wildman–Crippen MR) is 80.8 cm³/mol. The number of benzene rings is 1. The van der Waals surface area contributed by atoms with Crippen LogP contribution < -0.4 is 5.32 Å². The van der Waals surface area contributed by atoms with Crippen LogP contribution in [0.15, 0.2) is 23.1 Å². The van der Waals surface area contributed by atoms with Gasteiger partial charge in [0.25, 0.3) is 5.91 Å². The number of thiol groups is 1. The summed E-state index contributed by atoms with van der Waals surface area (Å²) in [5.41, 5.74) is 1.75. The van der Waals surface area contributed by atoms with Crippen LogP contribution in [-0.4, -0.2) is 24.0 Å². The van der Waals surface area contributed by atoms with Crippen molar-refractivity contribution in [3.05, 3.63) is 29.3 Å². The quantitative estimate of drug-likeness (QED) is 0.833. The van der Waals surface area contributed by atoms with E-state index < -0.39 is 0 Å². The van der Waals surface area contributed by atoms with Gasteiger partial charge in [-0.05, 0) is 54.9 Å². The molecule has 0 spiro atoms. The third-order valence-electron chi connectivity index (χ3n) is 3.36.